The molecule has 0 radical (unpaired) electrons. The van der Waals surface area contributed by atoms with Crippen LogP contribution in [0.5, 0.6) is 0 Å². The van der Waals surface area contributed by atoms with Crippen LogP contribution in [0.4, 0.5) is 0 Å². The molecule has 4 heteroatoms. The van der Waals surface area contributed by atoms with E-state index in [2.05, 4.69) is 0 Å². The summed E-state index contributed by atoms with van der Waals surface area (Å²) in [6.07, 6.45) is -0.0782. The van der Waals surface area contributed by atoms with E-state index in [1.807, 2.05) is 0 Å². The first-order valence-electron chi connectivity index (χ1n) is 4.51. The molecule has 1 N–H and O–H groups in total. The lowest BCUT2D eigenvalue weighted by molar-refractivity contribution is -0.143. The summed E-state index contributed by atoms with van der Waals surface area (Å²) >= 11 is 5.75. The zero-order chi connectivity index (χ0) is 11.5. The van der Waals surface area contributed by atoms with E-state index in [1.165, 1.54) is 7.11 Å². The molecular weight excluding hydrogens is 216 g/mol. The molecular formula is C11H13ClO3. The molecule has 0 aliphatic heterocycles. The Hall–Kier alpha value is -1.06. The van der Waals surface area contributed by atoms with Crippen molar-refractivity contribution < 1.29 is 14.6 Å². The Bertz CT molecular complexity index is 347. The summed E-state index contributed by atoms with van der Waals surface area (Å²) in [6.45, 7) is 1.74. The van der Waals surface area contributed by atoms with E-state index in [-0.39, 0.29) is 6.42 Å². The number of rotatable bonds is 4. The Morgan fingerprint density at radius 3 is 2.40 bits per heavy atom. The van der Waals surface area contributed by atoms with Gasteiger partial charge in [0.15, 0.2) is 0 Å². The van der Waals surface area contributed by atoms with Crippen molar-refractivity contribution in [3.8, 4) is 0 Å². The Morgan fingerprint density at radius 1 is 1.47 bits per heavy atom. The summed E-state index contributed by atoms with van der Waals surface area (Å²) in [6, 6.07) is 6.98. The first-order chi connectivity index (χ1) is 6.98. The van der Waals surface area contributed by atoms with Crippen LogP contribution in [-0.2, 0) is 15.1 Å². The summed E-state index contributed by atoms with van der Waals surface area (Å²) in [5.74, 6) is -0.894. The van der Waals surface area contributed by atoms with Gasteiger partial charge in [-0.25, -0.2) is 0 Å². The van der Waals surface area contributed by atoms with E-state index in [0.717, 1.165) is 5.56 Å². The van der Waals surface area contributed by atoms with Gasteiger partial charge in [0.25, 0.3) is 0 Å². The van der Waals surface area contributed by atoms with Crippen LogP contribution < -0.4 is 0 Å². The molecule has 0 aliphatic rings. The Kier molecular flexibility index (Phi) is 3.72. The molecule has 1 aromatic rings. The number of ether oxygens (including phenoxy) is 1. The van der Waals surface area contributed by atoms with E-state index in [4.69, 9.17) is 21.4 Å². The van der Waals surface area contributed by atoms with Crippen LogP contribution in [0.25, 0.3) is 0 Å². The van der Waals surface area contributed by atoms with E-state index in [0.29, 0.717) is 5.02 Å². The van der Waals surface area contributed by atoms with Gasteiger partial charge in [-0.3, -0.25) is 4.79 Å². The van der Waals surface area contributed by atoms with Gasteiger partial charge in [-0.05, 0) is 24.6 Å². The highest BCUT2D eigenvalue weighted by molar-refractivity contribution is 6.30. The summed E-state index contributed by atoms with van der Waals surface area (Å²) in [5, 5.41) is 9.41. The maximum Gasteiger partial charge on any atom is 0.306 e. The number of carbonyl (C=O) groups is 1. The highest BCUT2D eigenvalue weighted by atomic mass is 35.5. The van der Waals surface area contributed by atoms with Gasteiger partial charge < -0.3 is 9.84 Å². The third-order valence-corrected chi connectivity index (χ3v) is 2.65. The topological polar surface area (TPSA) is 46.5 Å². The van der Waals surface area contributed by atoms with E-state index < -0.39 is 11.6 Å². The van der Waals surface area contributed by atoms with Crippen molar-refractivity contribution in [3.63, 3.8) is 0 Å². The van der Waals surface area contributed by atoms with Crippen LogP contribution in [0.1, 0.15) is 18.9 Å². The molecule has 1 rings (SSSR count). The molecule has 0 aromatic heterocycles. The molecule has 3 nitrogen and oxygen atoms in total. The SMILES string of the molecule is COC(C)(CC(=O)O)c1ccc(Cl)cc1. The van der Waals surface area contributed by atoms with Crippen molar-refractivity contribution in [1.82, 2.24) is 0 Å². The number of hydrogen-bond donors (Lipinski definition) is 1. The number of aliphatic carboxylic acids is 1. The number of halogens is 1. The van der Waals surface area contributed by atoms with Crippen molar-refractivity contribution in [2.75, 3.05) is 7.11 Å². The summed E-state index contributed by atoms with van der Waals surface area (Å²) in [5.41, 5.74) is -0.00651. The maximum atomic E-state index is 10.7. The minimum absolute atomic E-state index is 0.0782. The molecule has 0 bridgehead atoms. The number of carboxylic acids is 1. The van der Waals surface area contributed by atoms with Gasteiger partial charge in [-0.2, -0.15) is 0 Å². The number of methoxy groups -OCH3 is 1. The van der Waals surface area contributed by atoms with Crippen LogP contribution in [0.3, 0.4) is 0 Å². The zero-order valence-electron chi connectivity index (χ0n) is 8.66. The lowest BCUT2D eigenvalue weighted by Crippen LogP contribution is -2.27. The van der Waals surface area contributed by atoms with Crippen molar-refractivity contribution in [1.29, 1.82) is 0 Å². The van der Waals surface area contributed by atoms with Crippen LogP contribution in [-0.4, -0.2) is 18.2 Å². The minimum Gasteiger partial charge on any atom is -0.481 e. The lowest BCUT2D eigenvalue weighted by Gasteiger charge is -2.26. The predicted octanol–water partition coefficient (Wildman–Crippen LogP) is 2.68. The van der Waals surface area contributed by atoms with Gasteiger partial charge in [0.05, 0.1) is 6.42 Å². The van der Waals surface area contributed by atoms with Crippen molar-refractivity contribution >= 4 is 17.6 Å². The lowest BCUT2D eigenvalue weighted by atomic mass is 9.92. The van der Waals surface area contributed by atoms with Gasteiger partial charge in [-0.15, -0.1) is 0 Å². The van der Waals surface area contributed by atoms with Crippen molar-refractivity contribution in [3.05, 3.63) is 34.9 Å². The second kappa shape index (κ2) is 4.64. The third kappa shape index (κ3) is 2.94. The largest absolute Gasteiger partial charge is 0.481 e. The number of hydrogen-bond acceptors (Lipinski definition) is 2. The van der Waals surface area contributed by atoms with Crippen LogP contribution in [0.2, 0.25) is 5.02 Å². The van der Waals surface area contributed by atoms with Gasteiger partial charge in [-0.1, -0.05) is 23.7 Å². The fraction of sp³-hybridized carbons (Fsp3) is 0.364. The number of benzene rings is 1. The molecule has 82 valence electrons. The monoisotopic (exact) mass is 228 g/mol. The molecule has 15 heavy (non-hydrogen) atoms. The first kappa shape index (κ1) is 12.0. The smallest absolute Gasteiger partial charge is 0.306 e. The molecule has 1 unspecified atom stereocenters. The van der Waals surface area contributed by atoms with E-state index in [9.17, 15) is 4.79 Å². The van der Waals surface area contributed by atoms with Crippen LogP contribution >= 0.6 is 11.6 Å². The minimum atomic E-state index is -0.894. The Balaban J connectivity index is 3.00. The first-order valence-corrected chi connectivity index (χ1v) is 4.89. The predicted molar refractivity (Wildman–Crippen MR) is 58.1 cm³/mol. The van der Waals surface area contributed by atoms with Gasteiger partial charge in [0.2, 0.25) is 0 Å². The standard InChI is InChI=1S/C11H13ClO3/c1-11(15-2,7-10(13)14)8-3-5-9(12)6-4-8/h3-6H,7H2,1-2H3,(H,13,14). The van der Waals surface area contributed by atoms with Gasteiger partial charge >= 0.3 is 5.97 Å². The average Bonchev–Trinajstić information content (AvgIpc) is 2.17. The summed E-state index contributed by atoms with van der Waals surface area (Å²) in [7, 11) is 1.50. The second-order valence-electron chi connectivity index (χ2n) is 3.51. The molecule has 0 spiro atoms. The molecule has 0 amide bonds. The van der Waals surface area contributed by atoms with Crippen molar-refractivity contribution in [2.45, 2.75) is 18.9 Å². The molecule has 0 saturated heterocycles. The summed E-state index contributed by atoms with van der Waals surface area (Å²) in [4.78, 5) is 10.7. The molecule has 0 saturated carbocycles. The Morgan fingerprint density at radius 2 is 2.00 bits per heavy atom. The average molecular weight is 229 g/mol. The quantitative estimate of drug-likeness (QED) is 0.862. The Labute approximate surface area is 93.6 Å². The van der Waals surface area contributed by atoms with Crippen LogP contribution in [0.15, 0.2) is 24.3 Å². The third-order valence-electron chi connectivity index (χ3n) is 2.39. The normalized spacial score (nSPS) is 14.6. The highest BCUT2D eigenvalue weighted by Gasteiger charge is 2.29. The molecule has 0 fully saturated rings. The zero-order valence-corrected chi connectivity index (χ0v) is 9.41. The van der Waals surface area contributed by atoms with Crippen LogP contribution in [0, 0.1) is 0 Å². The number of carboxylic acid groups (broad SMARTS) is 1. The van der Waals surface area contributed by atoms with Crippen molar-refractivity contribution in [2.24, 2.45) is 0 Å². The molecule has 0 aliphatic carbocycles. The fourth-order valence-electron chi connectivity index (χ4n) is 1.38. The van der Waals surface area contributed by atoms with E-state index >= 15 is 0 Å². The molecule has 1 atom stereocenters. The van der Waals surface area contributed by atoms with Gasteiger partial charge in [0, 0.05) is 12.1 Å². The second-order valence-corrected chi connectivity index (χ2v) is 3.95. The maximum absolute atomic E-state index is 10.7. The summed E-state index contributed by atoms with van der Waals surface area (Å²) < 4.78 is 5.25. The van der Waals surface area contributed by atoms with Gasteiger partial charge in [0.1, 0.15) is 5.60 Å². The molecule has 1 aromatic carbocycles. The van der Waals surface area contributed by atoms with E-state index in [1.54, 1.807) is 31.2 Å². The fourth-order valence-corrected chi connectivity index (χ4v) is 1.51. The molecule has 0 heterocycles. The highest BCUT2D eigenvalue weighted by Crippen LogP contribution is 2.29.